The van der Waals surface area contributed by atoms with Crippen LogP contribution in [0.3, 0.4) is 0 Å². The Kier molecular flexibility index (Phi) is 1.95. The van der Waals surface area contributed by atoms with Crippen LogP contribution in [-0.4, -0.2) is 10.2 Å². The first kappa shape index (κ1) is 10.2. The van der Waals surface area contributed by atoms with Gasteiger partial charge in [0.05, 0.1) is 23.1 Å². The Labute approximate surface area is 94.7 Å². The maximum Gasteiger partial charge on any atom is 0.416 e. The van der Waals surface area contributed by atoms with E-state index in [4.69, 9.17) is 0 Å². The maximum atomic E-state index is 12.6. The summed E-state index contributed by atoms with van der Waals surface area (Å²) in [4.78, 5) is 0. The fourth-order valence-corrected chi connectivity index (χ4v) is 1.93. The number of nitrogens with zero attached hydrogens (tertiary/aromatic N) is 1. The zero-order valence-electron chi connectivity index (χ0n) is 8.60. The van der Waals surface area contributed by atoms with Gasteiger partial charge in [-0.15, -0.1) is 0 Å². The molecule has 6 heteroatoms. The van der Waals surface area contributed by atoms with Crippen LogP contribution in [0.4, 0.5) is 24.5 Å². The number of anilines is 2. The summed E-state index contributed by atoms with van der Waals surface area (Å²) >= 11 is 0. The molecule has 3 nitrogen and oxygen atoms in total. The van der Waals surface area contributed by atoms with Gasteiger partial charge in [-0.25, -0.2) is 0 Å². The molecule has 17 heavy (non-hydrogen) atoms. The van der Waals surface area contributed by atoms with E-state index in [1.807, 2.05) is 0 Å². The third kappa shape index (κ3) is 1.65. The van der Waals surface area contributed by atoms with Crippen molar-refractivity contribution in [3.05, 3.63) is 41.2 Å². The van der Waals surface area contributed by atoms with E-state index in [-0.39, 0.29) is 0 Å². The van der Waals surface area contributed by atoms with Gasteiger partial charge in [0, 0.05) is 12.1 Å². The van der Waals surface area contributed by atoms with Crippen LogP contribution in [0.25, 0.3) is 0 Å². The van der Waals surface area contributed by atoms with Crippen LogP contribution in [0, 0.1) is 0 Å². The summed E-state index contributed by atoms with van der Waals surface area (Å²) in [5.41, 5.74) is 2.32. The SMILES string of the molecule is FC(F)(F)c1ccc2c(c1)Cc1[nH]ncc1N2. The summed E-state index contributed by atoms with van der Waals surface area (Å²) < 4.78 is 37.7. The number of nitrogens with one attached hydrogen (secondary N) is 2. The molecule has 0 bridgehead atoms. The first-order chi connectivity index (χ1) is 8.04. The van der Waals surface area contributed by atoms with Crippen LogP contribution in [0.2, 0.25) is 0 Å². The minimum atomic E-state index is -4.30. The van der Waals surface area contributed by atoms with Crippen LogP contribution < -0.4 is 5.32 Å². The van der Waals surface area contributed by atoms with Gasteiger partial charge in [0.1, 0.15) is 0 Å². The molecule has 0 unspecified atom stereocenters. The number of benzene rings is 1. The lowest BCUT2D eigenvalue weighted by atomic mass is 10.00. The molecule has 2 heterocycles. The molecular weight excluding hydrogens is 231 g/mol. The van der Waals surface area contributed by atoms with Crippen molar-refractivity contribution in [2.24, 2.45) is 0 Å². The summed E-state index contributed by atoms with van der Waals surface area (Å²) in [5.74, 6) is 0. The van der Waals surface area contributed by atoms with Crippen LogP contribution in [0.15, 0.2) is 24.4 Å². The Bertz CT molecular complexity index is 572. The minimum absolute atomic E-state index is 0.432. The highest BCUT2D eigenvalue weighted by molar-refractivity contribution is 5.70. The average Bonchev–Trinajstić information content (AvgIpc) is 2.70. The molecule has 1 aromatic carbocycles. The van der Waals surface area contributed by atoms with Gasteiger partial charge in [0.25, 0.3) is 0 Å². The van der Waals surface area contributed by atoms with Gasteiger partial charge in [-0.3, -0.25) is 5.10 Å². The van der Waals surface area contributed by atoms with E-state index in [2.05, 4.69) is 15.5 Å². The van der Waals surface area contributed by atoms with Gasteiger partial charge in [-0.2, -0.15) is 18.3 Å². The molecule has 2 N–H and O–H groups in total. The molecule has 88 valence electrons. The van der Waals surface area contributed by atoms with Crippen molar-refractivity contribution in [1.82, 2.24) is 10.2 Å². The number of aromatic amines is 1. The summed E-state index contributed by atoms with van der Waals surface area (Å²) in [6.45, 7) is 0. The Balaban J connectivity index is 2.04. The van der Waals surface area contributed by atoms with Crippen LogP contribution in [0.5, 0.6) is 0 Å². The monoisotopic (exact) mass is 239 g/mol. The van der Waals surface area contributed by atoms with E-state index in [9.17, 15) is 13.2 Å². The zero-order chi connectivity index (χ0) is 12.0. The Hall–Kier alpha value is -1.98. The molecule has 0 aliphatic carbocycles. The van der Waals surface area contributed by atoms with E-state index < -0.39 is 11.7 Å². The van der Waals surface area contributed by atoms with Crippen molar-refractivity contribution >= 4 is 11.4 Å². The second-order valence-corrected chi connectivity index (χ2v) is 3.93. The Morgan fingerprint density at radius 2 is 2.00 bits per heavy atom. The molecule has 0 amide bonds. The third-order valence-electron chi connectivity index (χ3n) is 2.79. The van der Waals surface area contributed by atoms with Gasteiger partial charge < -0.3 is 5.32 Å². The van der Waals surface area contributed by atoms with Gasteiger partial charge in [-0.05, 0) is 23.8 Å². The molecule has 0 radical (unpaired) electrons. The van der Waals surface area contributed by atoms with Crippen LogP contribution in [0.1, 0.15) is 16.8 Å². The highest BCUT2D eigenvalue weighted by Crippen LogP contribution is 2.36. The van der Waals surface area contributed by atoms with Gasteiger partial charge >= 0.3 is 6.18 Å². The first-order valence-electron chi connectivity index (χ1n) is 5.03. The maximum absolute atomic E-state index is 12.6. The number of hydrogen-bond acceptors (Lipinski definition) is 2. The van der Waals surface area contributed by atoms with Crippen LogP contribution in [-0.2, 0) is 12.6 Å². The van der Waals surface area contributed by atoms with Gasteiger partial charge in [0.15, 0.2) is 0 Å². The fraction of sp³-hybridized carbons (Fsp3) is 0.182. The van der Waals surface area contributed by atoms with Gasteiger partial charge in [0.2, 0.25) is 0 Å². The molecule has 1 aliphatic heterocycles. The summed E-state index contributed by atoms with van der Waals surface area (Å²) in [6, 6.07) is 3.71. The van der Waals surface area contributed by atoms with Crippen molar-refractivity contribution < 1.29 is 13.2 Å². The number of aromatic nitrogens is 2. The molecule has 0 saturated heterocycles. The second kappa shape index (κ2) is 3.26. The van der Waals surface area contributed by atoms with E-state index in [1.165, 1.54) is 12.1 Å². The van der Waals surface area contributed by atoms with Crippen molar-refractivity contribution in [3.8, 4) is 0 Å². The van der Waals surface area contributed by atoms with Crippen molar-refractivity contribution in [3.63, 3.8) is 0 Å². The molecule has 0 spiro atoms. The largest absolute Gasteiger partial charge is 0.416 e. The molecule has 1 aliphatic rings. The van der Waals surface area contributed by atoms with Crippen molar-refractivity contribution in [1.29, 1.82) is 0 Å². The lowest BCUT2D eigenvalue weighted by Gasteiger charge is -2.19. The molecule has 0 fully saturated rings. The third-order valence-corrected chi connectivity index (χ3v) is 2.79. The predicted molar refractivity (Wildman–Crippen MR) is 56.1 cm³/mol. The normalized spacial score (nSPS) is 13.8. The molecule has 3 rings (SSSR count). The van der Waals surface area contributed by atoms with Gasteiger partial charge in [-0.1, -0.05) is 0 Å². The highest BCUT2D eigenvalue weighted by Gasteiger charge is 2.31. The quantitative estimate of drug-likeness (QED) is 0.633. The number of hydrogen-bond donors (Lipinski definition) is 2. The summed E-state index contributed by atoms with van der Waals surface area (Å²) in [5, 5.41) is 9.65. The topological polar surface area (TPSA) is 40.7 Å². The van der Waals surface area contributed by atoms with E-state index in [0.29, 0.717) is 17.7 Å². The predicted octanol–water partition coefficient (Wildman–Crippen LogP) is 3.08. The summed E-state index contributed by atoms with van der Waals surface area (Å²) in [6.07, 6.45) is -2.25. The summed E-state index contributed by atoms with van der Waals surface area (Å²) in [7, 11) is 0. The van der Waals surface area contributed by atoms with E-state index >= 15 is 0 Å². The van der Waals surface area contributed by atoms with Crippen molar-refractivity contribution in [2.45, 2.75) is 12.6 Å². The fourth-order valence-electron chi connectivity index (χ4n) is 1.93. The number of rotatable bonds is 0. The molecule has 1 aromatic heterocycles. The average molecular weight is 239 g/mol. The number of halogens is 3. The Morgan fingerprint density at radius 1 is 1.18 bits per heavy atom. The van der Waals surface area contributed by atoms with Crippen LogP contribution >= 0.6 is 0 Å². The molecule has 0 saturated carbocycles. The smallest absolute Gasteiger partial charge is 0.352 e. The standard InChI is InChI=1S/C11H8F3N3/c12-11(13,14)7-1-2-8-6(3-7)4-9-10(16-8)5-15-17-9/h1-3,5,16H,4H2,(H,15,17). The lowest BCUT2D eigenvalue weighted by Crippen LogP contribution is -2.10. The number of fused-ring (bicyclic) bond motifs is 2. The Morgan fingerprint density at radius 3 is 2.76 bits per heavy atom. The highest BCUT2D eigenvalue weighted by atomic mass is 19.4. The zero-order valence-corrected chi connectivity index (χ0v) is 8.60. The number of alkyl halides is 3. The van der Waals surface area contributed by atoms with E-state index in [0.717, 1.165) is 17.4 Å². The van der Waals surface area contributed by atoms with Crippen molar-refractivity contribution in [2.75, 3.05) is 5.32 Å². The molecular formula is C11H8F3N3. The minimum Gasteiger partial charge on any atom is -0.352 e. The number of H-pyrrole nitrogens is 1. The first-order valence-corrected chi connectivity index (χ1v) is 5.03. The molecule has 0 atom stereocenters. The molecule has 2 aromatic rings. The second-order valence-electron chi connectivity index (χ2n) is 3.93. The van der Waals surface area contributed by atoms with E-state index in [1.54, 1.807) is 6.20 Å². The lowest BCUT2D eigenvalue weighted by molar-refractivity contribution is -0.137.